The smallest absolute Gasteiger partial charge is 0.147 e. The van der Waals surface area contributed by atoms with Gasteiger partial charge in [0, 0.05) is 19.1 Å². The van der Waals surface area contributed by atoms with Crippen LogP contribution in [0.3, 0.4) is 0 Å². The van der Waals surface area contributed by atoms with Crippen molar-refractivity contribution in [3.05, 3.63) is 35.9 Å². The minimum atomic E-state index is -0.0772. The highest BCUT2D eigenvalue weighted by Gasteiger charge is 2.34. The van der Waals surface area contributed by atoms with Crippen LogP contribution in [0.5, 0.6) is 0 Å². The van der Waals surface area contributed by atoms with Gasteiger partial charge in [0.05, 0.1) is 5.92 Å². The monoisotopic (exact) mass is 288 g/mol. The minimum Gasteiger partial charge on any atom is -0.409 e. The van der Waals surface area contributed by atoms with Crippen molar-refractivity contribution in [2.75, 3.05) is 26.2 Å². The quantitative estimate of drug-likeness (QED) is 0.329. The van der Waals surface area contributed by atoms with Gasteiger partial charge in [-0.2, -0.15) is 0 Å². The molecule has 3 heterocycles. The molecule has 4 N–H and O–H groups in total. The van der Waals surface area contributed by atoms with Crippen LogP contribution in [0.2, 0.25) is 0 Å². The Morgan fingerprint density at radius 1 is 1.33 bits per heavy atom. The summed E-state index contributed by atoms with van der Waals surface area (Å²) >= 11 is 0. The fourth-order valence-electron chi connectivity index (χ4n) is 3.61. The lowest BCUT2D eigenvalue weighted by Crippen LogP contribution is -2.56. The van der Waals surface area contributed by atoms with E-state index in [1.165, 1.54) is 25.9 Å². The number of oxime groups is 1. The summed E-state index contributed by atoms with van der Waals surface area (Å²) in [6.45, 7) is 4.33. The van der Waals surface area contributed by atoms with E-state index < -0.39 is 0 Å². The number of nitrogens with one attached hydrogen (secondary N) is 1. The molecule has 2 bridgehead atoms. The van der Waals surface area contributed by atoms with Crippen molar-refractivity contribution in [2.45, 2.75) is 24.8 Å². The Bertz CT molecular complexity index is 482. The van der Waals surface area contributed by atoms with Crippen LogP contribution in [0.25, 0.3) is 0 Å². The van der Waals surface area contributed by atoms with Crippen LogP contribution in [-0.2, 0) is 0 Å². The Hall–Kier alpha value is -1.59. The molecular weight excluding hydrogens is 264 g/mol. The maximum Gasteiger partial charge on any atom is 0.147 e. The third-order valence-electron chi connectivity index (χ3n) is 4.91. The molecule has 5 heteroatoms. The fraction of sp³-hybridized carbons (Fsp3) is 0.562. The van der Waals surface area contributed by atoms with Crippen LogP contribution < -0.4 is 11.1 Å². The van der Waals surface area contributed by atoms with Crippen LogP contribution in [0, 0.1) is 5.92 Å². The molecule has 21 heavy (non-hydrogen) atoms. The maximum absolute atomic E-state index is 9.04. The van der Waals surface area contributed by atoms with Gasteiger partial charge in [-0.1, -0.05) is 35.5 Å². The first-order valence-electron chi connectivity index (χ1n) is 7.76. The maximum atomic E-state index is 9.04. The van der Waals surface area contributed by atoms with Crippen LogP contribution in [0.1, 0.15) is 24.3 Å². The van der Waals surface area contributed by atoms with Gasteiger partial charge in [0.25, 0.3) is 0 Å². The molecular formula is C16H24N4O. The third-order valence-corrected chi connectivity index (χ3v) is 4.91. The van der Waals surface area contributed by atoms with E-state index in [0.29, 0.717) is 6.04 Å². The molecule has 3 aliphatic rings. The Morgan fingerprint density at radius 2 is 2.05 bits per heavy atom. The normalized spacial score (nSPS) is 30.3. The number of amidine groups is 1. The number of piperidine rings is 3. The molecule has 0 radical (unpaired) electrons. The summed E-state index contributed by atoms with van der Waals surface area (Å²) in [5.41, 5.74) is 6.98. The Morgan fingerprint density at radius 3 is 2.62 bits per heavy atom. The topological polar surface area (TPSA) is 73.9 Å². The third kappa shape index (κ3) is 3.19. The van der Waals surface area contributed by atoms with Crippen molar-refractivity contribution >= 4 is 5.84 Å². The molecule has 3 fully saturated rings. The van der Waals surface area contributed by atoms with E-state index >= 15 is 0 Å². The second-order valence-corrected chi connectivity index (χ2v) is 6.14. The largest absolute Gasteiger partial charge is 0.409 e. The average Bonchev–Trinajstić information content (AvgIpc) is 2.57. The molecule has 4 rings (SSSR count). The van der Waals surface area contributed by atoms with E-state index in [0.717, 1.165) is 24.6 Å². The van der Waals surface area contributed by atoms with Gasteiger partial charge in [-0.05, 0) is 37.4 Å². The molecule has 1 aromatic rings. The van der Waals surface area contributed by atoms with E-state index in [2.05, 4.69) is 15.4 Å². The summed E-state index contributed by atoms with van der Waals surface area (Å²) in [7, 11) is 0. The first kappa shape index (κ1) is 14.4. The molecule has 0 spiro atoms. The molecule has 114 valence electrons. The summed E-state index contributed by atoms with van der Waals surface area (Å²) in [6, 6.07) is 10.5. The second-order valence-electron chi connectivity index (χ2n) is 6.14. The Labute approximate surface area is 125 Å². The lowest BCUT2D eigenvalue weighted by Gasteiger charge is -2.45. The summed E-state index contributed by atoms with van der Waals surface area (Å²) < 4.78 is 0. The highest BCUT2D eigenvalue weighted by Crippen LogP contribution is 2.28. The minimum absolute atomic E-state index is 0.0772. The fourth-order valence-corrected chi connectivity index (χ4v) is 3.61. The highest BCUT2D eigenvalue weighted by atomic mass is 16.4. The van der Waals surface area contributed by atoms with E-state index in [4.69, 9.17) is 10.9 Å². The zero-order valence-electron chi connectivity index (χ0n) is 12.3. The van der Waals surface area contributed by atoms with Crippen LogP contribution in [0.15, 0.2) is 35.5 Å². The number of hydrogen-bond donors (Lipinski definition) is 3. The van der Waals surface area contributed by atoms with Crippen LogP contribution in [0.4, 0.5) is 0 Å². The number of rotatable bonds is 5. The first-order chi connectivity index (χ1) is 10.3. The van der Waals surface area contributed by atoms with E-state index in [1.807, 2.05) is 30.3 Å². The number of nitrogens with zero attached hydrogens (tertiary/aromatic N) is 2. The zero-order chi connectivity index (χ0) is 14.7. The van der Waals surface area contributed by atoms with Gasteiger partial charge < -0.3 is 21.2 Å². The van der Waals surface area contributed by atoms with Gasteiger partial charge in [0.1, 0.15) is 5.84 Å². The molecule has 3 saturated heterocycles. The van der Waals surface area contributed by atoms with Crippen molar-refractivity contribution in [3.8, 4) is 0 Å². The van der Waals surface area contributed by atoms with Gasteiger partial charge in [0.15, 0.2) is 0 Å². The Kier molecular flexibility index (Phi) is 4.41. The SMILES string of the molecule is NC(=NO)C(CNC1CN2CCC1CC2)c1ccccc1. The molecule has 0 aliphatic carbocycles. The number of hydrogen-bond acceptors (Lipinski definition) is 4. The van der Waals surface area contributed by atoms with E-state index in [1.54, 1.807) is 0 Å². The van der Waals surface area contributed by atoms with Gasteiger partial charge in [-0.15, -0.1) is 0 Å². The summed E-state index contributed by atoms with van der Waals surface area (Å²) in [6.07, 6.45) is 2.58. The second kappa shape index (κ2) is 6.45. The van der Waals surface area contributed by atoms with Crippen molar-refractivity contribution in [3.63, 3.8) is 0 Å². The van der Waals surface area contributed by atoms with Crippen LogP contribution >= 0.6 is 0 Å². The molecule has 5 nitrogen and oxygen atoms in total. The lowest BCUT2D eigenvalue weighted by molar-refractivity contribution is 0.0728. The number of benzene rings is 1. The summed E-state index contributed by atoms with van der Waals surface area (Å²) in [5.74, 6) is 0.973. The number of nitrogens with two attached hydrogens (primary N) is 1. The molecule has 0 amide bonds. The average molecular weight is 288 g/mol. The lowest BCUT2D eigenvalue weighted by atomic mass is 9.83. The van der Waals surface area contributed by atoms with Gasteiger partial charge in [-0.3, -0.25) is 0 Å². The standard InChI is InChI=1S/C16H24N4O/c17-16(19-21)14(12-4-2-1-3-5-12)10-18-15-11-20-8-6-13(15)7-9-20/h1-5,13-15,18,21H,6-11H2,(H2,17,19). The predicted molar refractivity (Wildman–Crippen MR) is 83.5 cm³/mol. The van der Waals surface area contributed by atoms with Crippen molar-refractivity contribution in [1.29, 1.82) is 0 Å². The van der Waals surface area contributed by atoms with Gasteiger partial charge in [-0.25, -0.2) is 0 Å². The van der Waals surface area contributed by atoms with Gasteiger partial charge in [0.2, 0.25) is 0 Å². The Balaban J connectivity index is 1.65. The molecule has 3 aliphatic heterocycles. The number of fused-ring (bicyclic) bond motifs is 3. The van der Waals surface area contributed by atoms with E-state index in [-0.39, 0.29) is 11.8 Å². The molecule has 1 aromatic carbocycles. The summed E-state index contributed by atoms with van der Waals surface area (Å²) in [5, 5.41) is 15.9. The molecule has 2 atom stereocenters. The summed E-state index contributed by atoms with van der Waals surface area (Å²) in [4.78, 5) is 2.53. The van der Waals surface area contributed by atoms with Crippen molar-refractivity contribution in [2.24, 2.45) is 16.8 Å². The van der Waals surface area contributed by atoms with Crippen molar-refractivity contribution in [1.82, 2.24) is 10.2 Å². The predicted octanol–water partition coefficient (Wildman–Crippen LogP) is 1.20. The van der Waals surface area contributed by atoms with Crippen LogP contribution in [-0.4, -0.2) is 48.2 Å². The molecule has 2 unspecified atom stereocenters. The zero-order valence-corrected chi connectivity index (χ0v) is 12.3. The molecule has 0 aromatic heterocycles. The molecule has 0 saturated carbocycles. The highest BCUT2D eigenvalue weighted by molar-refractivity contribution is 5.87. The van der Waals surface area contributed by atoms with E-state index in [9.17, 15) is 0 Å². The van der Waals surface area contributed by atoms with Crippen molar-refractivity contribution < 1.29 is 5.21 Å². The van der Waals surface area contributed by atoms with Gasteiger partial charge >= 0.3 is 0 Å². The first-order valence-corrected chi connectivity index (χ1v) is 7.76.